The molecule has 31 heavy (non-hydrogen) atoms. The lowest BCUT2D eigenvalue weighted by molar-refractivity contribution is 0.160. The largest absolute Gasteiger partial charge is 0.549 e. The van der Waals surface area contributed by atoms with Crippen LogP contribution in [0.3, 0.4) is 0 Å². The van der Waals surface area contributed by atoms with Gasteiger partial charge in [-0.1, -0.05) is 48.5 Å². The molecule has 1 amide bonds. The summed E-state index contributed by atoms with van der Waals surface area (Å²) in [4.78, 5) is 16.0. The van der Waals surface area contributed by atoms with E-state index in [1.807, 2.05) is 0 Å². The number of benzene rings is 3. The van der Waals surface area contributed by atoms with E-state index in [1.165, 1.54) is 0 Å². The van der Waals surface area contributed by atoms with E-state index in [0.717, 1.165) is 0 Å². The van der Waals surface area contributed by atoms with Gasteiger partial charge in [-0.3, -0.25) is 0 Å². The molecule has 0 radical (unpaired) electrons. The average Bonchev–Trinajstić information content (AvgIpc) is 2.74. The molecule has 0 bridgehead atoms. The van der Waals surface area contributed by atoms with Crippen molar-refractivity contribution in [3.8, 4) is 11.5 Å². The normalized spacial score (nSPS) is 10.7. The summed E-state index contributed by atoms with van der Waals surface area (Å²) in [7, 11) is -4.36. The van der Waals surface area contributed by atoms with Crippen molar-refractivity contribution in [2.24, 2.45) is 16.5 Å². The van der Waals surface area contributed by atoms with Gasteiger partial charge in [-0.05, 0) is 42.0 Å². The van der Waals surface area contributed by atoms with E-state index < -0.39 is 13.8 Å². The van der Waals surface area contributed by atoms with E-state index in [1.54, 1.807) is 84.9 Å². The zero-order chi connectivity index (χ0) is 22.3. The number of rotatable bonds is 8. The Morgan fingerprint density at radius 3 is 1.77 bits per heavy atom. The van der Waals surface area contributed by atoms with Crippen molar-refractivity contribution in [1.29, 1.82) is 0 Å². The van der Waals surface area contributed by atoms with Crippen LogP contribution in [0.25, 0.3) is 0 Å². The van der Waals surface area contributed by atoms with Crippen LogP contribution in [0, 0.1) is 0 Å². The molecule has 0 aliphatic heterocycles. The maximum absolute atomic E-state index is 13.8. The molecule has 9 nitrogen and oxygen atoms in total. The number of nitrogens with two attached hydrogens (primary N) is 2. The number of hydrogen-bond donors (Lipinski definition) is 3. The van der Waals surface area contributed by atoms with E-state index in [-0.39, 0.29) is 24.0 Å². The van der Waals surface area contributed by atoms with Gasteiger partial charge in [0.2, 0.25) is 0 Å². The standard InChI is InChI=1S/C21H21N4O5P/c22-20(23)24-17-13-11-16(12-14-17)15-25(21(26)27)31(28,29-18-7-3-1-4-8-18)30-19-9-5-2-6-10-19/h1-14H,15H2,(H,26,27)(H4,22,23,24). The van der Waals surface area contributed by atoms with Gasteiger partial charge in [-0.15, -0.1) is 0 Å². The van der Waals surface area contributed by atoms with Crippen molar-refractivity contribution >= 4 is 25.5 Å². The summed E-state index contributed by atoms with van der Waals surface area (Å²) >= 11 is 0. The monoisotopic (exact) mass is 440 g/mol. The molecule has 3 aromatic rings. The first-order chi connectivity index (χ1) is 14.9. The Kier molecular flexibility index (Phi) is 6.79. The first-order valence-electron chi connectivity index (χ1n) is 9.14. The molecule has 3 rings (SSSR count). The molecule has 10 heteroatoms. The van der Waals surface area contributed by atoms with E-state index in [9.17, 15) is 14.5 Å². The lowest BCUT2D eigenvalue weighted by Crippen LogP contribution is -2.30. The second-order valence-corrected chi connectivity index (χ2v) is 8.11. The van der Waals surface area contributed by atoms with Crippen molar-refractivity contribution < 1.29 is 23.5 Å². The molecule has 0 unspecified atom stereocenters. The summed E-state index contributed by atoms with van der Waals surface area (Å²) in [5.74, 6) is 0.309. The van der Waals surface area contributed by atoms with Gasteiger partial charge in [0, 0.05) is 0 Å². The number of hydrogen-bond acceptors (Lipinski definition) is 5. The summed E-state index contributed by atoms with van der Waals surface area (Å²) in [5.41, 5.74) is 11.7. The Bertz CT molecular complexity index is 1040. The SMILES string of the molecule is NC(N)=Nc1ccc(CN(C(=O)O)P(=O)(Oc2ccccc2)Oc2ccccc2)cc1. The van der Waals surface area contributed by atoms with Crippen molar-refractivity contribution in [2.45, 2.75) is 6.54 Å². The van der Waals surface area contributed by atoms with Crippen molar-refractivity contribution in [3.63, 3.8) is 0 Å². The predicted octanol–water partition coefficient (Wildman–Crippen LogP) is 4.34. The van der Waals surface area contributed by atoms with Gasteiger partial charge in [0.05, 0.1) is 12.2 Å². The van der Waals surface area contributed by atoms with Crippen LogP contribution in [-0.2, 0) is 11.1 Å². The zero-order valence-corrected chi connectivity index (χ0v) is 17.3. The van der Waals surface area contributed by atoms with Crippen molar-refractivity contribution in [2.75, 3.05) is 0 Å². The van der Waals surface area contributed by atoms with Crippen LogP contribution >= 0.6 is 7.75 Å². The van der Waals surface area contributed by atoms with Gasteiger partial charge in [-0.25, -0.2) is 14.4 Å². The third-order valence-electron chi connectivity index (χ3n) is 3.97. The highest BCUT2D eigenvalue weighted by molar-refractivity contribution is 7.52. The van der Waals surface area contributed by atoms with Crippen molar-refractivity contribution in [3.05, 3.63) is 90.5 Å². The maximum atomic E-state index is 13.8. The molecule has 0 aliphatic rings. The Morgan fingerprint density at radius 1 is 0.871 bits per heavy atom. The highest BCUT2D eigenvalue weighted by Crippen LogP contribution is 2.52. The maximum Gasteiger partial charge on any atom is 0.549 e. The summed E-state index contributed by atoms with van der Waals surface area (Å²) in [6, 6.07) is 22.9. The molecule has 0 spiro atoms. The van der Waals surface area contributed by atoms with Crippen LogP contribution in [0.1, 0.15) is 5.56 Å². The number of aliphatic imine (C=N–C) groups is 1. The van der Waals surface area contributed by atoms with Crippen LogP contribution < -0.4 is 20.5 Å². The van der Waals surface area contributed by atoms with Gasteiger partial charge in [0.25, 0.3) is 0 Å². The lowest BCUT2D eigenvalue weighted by atomic mass is 10.2. The first kappa shape index (κ1) is 21.7. The molecule has 0 saturated carbocycles. The van der Waals surface area contributed by atoms with E-state index >= 15 is 0 Å². The second-order valence-electron chi connectivity index (χ2n) is 6.32. The molecular formula is C21H21N4O5P. The molecular weight excluding hydrogens is 419 g/mol. The molecule has 0 aromatic heterocycles. The average molecular weight is 440 g/mol. The van der Waals surface area contributed by atoms with Gasteiger partial charge in [0.1, 0.15) is 11.5 Å². The number of amides is 1. The summed E-state index contributed by atoms with van der Waals surface area (Å²) in [6.07, 6.45) is -1.47. The van der Waals surface area contributed by atoms with Crippen LogP contribution in [0.2, 0.25) is 0 Å². The highest BCUT2D eigenvalue weighted by atomic mass is 31.2. The second kappa shape index (κ2) is 9.69. The zero-order valence-electron chi connectivity index (χ0n) is 16.4. The number of carbonyl (C=O) groups is 1. The van der Waals surface area contributed by atoms with Crippen LogP contribution in [0.5, 0.6) is 11.5 Å². The number of carboxylic acid groups (broad SMARTS) is 1. The molecule has 0 fully saturated rings. The van der Waals surface area contributed by atoms with E-state index in [4.69, 9.17) is 20.5 Å². The Hall–Kier alpha value is -3.97. The molecule has 3 aromatic carbocycles. The highest BCUT2D eigenvalue weighted by Gasteiger charge is 2.41. The summed E-state index contributed by atoms with van der Waals surface area (Å²) in [5, 5.41) is 9.84. The number of guanidine groups is 1. The fourth-order valence-corrected chi connectivity index (χ4v) is 4.16. The first-order valence-corrected chi connectivity index (χ1v) is 10.6. The quantitative estimate of drug-likeness (QED) is 0.269. The number of para-hydroxylation sites is 2. The van der Waals surface area contributed by atoms with Gasteiger partial charge < -0.3 is 25.6 Å². The summed E-state index contributed by atoms with van der Waals surface area (Å²) < 4.78 is 25.6. The molecule has 0 heterocycles. The fourth-order valence-electron chi connectivity index (χ4n) is 2.60. The third kappa shape index (κ3) is 6.01. The Labute approximate surface area is 179 Å². The number of nitrogens with zero attached hydrogens (tertiary/aromatic N) is 2. The van der Waals surface area contributed by atoms with E-state index in [2.05, 4.69) is 4.99 Å². The van der Waals surface area contributed by atoms with Gasteiger partial charge in [0.15, 0.2) is 5.96 Å². The van der Waals surface area contributed by atoms with Crippen molar-refractivity contribution in [1.82, 2.24) is 4.67 Å². The molecule has 0 saturated heterocycles. The topological polar surface area (TPSA) is 140 Å². The van der Waals surface area contributed by atoms with Crippen LogP contribution in [-0.4, -0.2) is 21.8 Å². The minimum atomic E-state index is -4.36. The minimum absolute atomic E-state index is 0.100. The van der Waals surface area contributed by atoms with E-state index in [0.29, 0.717) is 15.9 Å². The van der Waals surface area contributed by atoms with Crippen LogP contribution in [0.15, 0.2) is 89.9 Å². The van der Waals surface area contributed by atoms with Gasteiger partial charge in [-0.2, -0.15) is 4.67 Å². The third-order valence-corrected chi connectivity index (χ3v) is 5.76. The molecule has 5 N–H and O–H groups in total. The fraction of sp³-hybridized carbons (Fsp3) is 0.0476. The molecule has 0 atom stereocenters. The predicted molar refractivity (Wildman–Crippen MR) is 117 cm³/mol. The Balaban J connectivity index is 1.94. The smallest absolute Gasteiger partial charge is 0.465 e. The summed E-state index contributed by atoms with van der Waals surface area (Å²) in [6.45, 7) is -0.256. The van der Waals surface area contributed by atoms with Crippen LogP contribution in [0.4, 0.5) is 10.5 Å². The van der Waals surface area contributed by atoms with Gasteiger partial charge >= 0.3 is 13.8 Å². The Morgan fingerprint density at radius 2 is 1.35 bits per heavy atom. The lowest BCUT2D eigenvalue weighted by Gasteiger charge is -2.28. The molecule has 160 valence electrons. The minimum Gasteiger partial charge on any atom is -0.465 e. The molecule has 0 aliphatic carbocycles.